The summed E-state index contributed by atoms with van der Waals surface area (Å²) in [6, 6.07) is 16.9. The van der Waals surface area contributed by atoms with Crippen LogP contribution in [0, 0.1) is 6.92 Å². The molecule has 0 spiro atoms. The monoisotopic (exact) mass is 373 g/mol. The van der Waals surface area contributed by atoms with Crippen LogP contribution in [0.3, 0.4) is 0 Å². The van der Waals surface area contributed by atoms with Crippen molar-refractivity contribution in [3.63, 3.8) is 0 Å². The van der Waals surface area contributed by atoms with Crippen molar-refractivity contribution < 1.29 is 13.2 Å². The maximum atomic E-state index is 12.8. The molecule has 7 heteroatoms. The van der Waals surface area contributed by atoms with Crippen molar-refractivity contribution in [2.75, 3.05) is 25.0 Å². The molecule has 2 aromatic rings. The fourth-order valence-corrected chi connectivity index (χ4v) is 4.63. The van der Waals surface area contributed by atoms with E-state index in [0.717, 1.165) is 11.1 Å². The Morgan fingerprint density at radius 2 is 1.65 bits per heavy atom. The lowest BCUT2D eigenvalue weighted by atomic mass is 10.2. The summed E-state index contributed by atoms with van der Waals surface area (Å²) in [5.74, 6) is -0.329. The van der Waals surface area contributed by atoms with Gasteiger partial charge in [-0.05, 0) is 30.5 Å². The van der Waals surface area contributed by atoms with E-state index < -0.39 is 10.2 Å². The number of amides is 1. The van der Waals surface area contributed by atoms with E-state index in [1.165, 1.54) is 8.61 Å². The van der Waals surface area contributed by atoms with Gasteiger partial charge in [0.15, 0.2) is 0 Å². The molecule has 0 saturated carbocycles. The summed E-state index contributed by atoms with van der Waals surface area (Å²) in [6.45, 7) is 2.86. The topological polar surface area (TPSA) is 69.7 Å². The minimum absolute atomic E-state index is 0.179. The minimum Gasteiger partial charge on any atom is -0.325 e. The molecule has 0 aromatic heterocycles. The highest BCUT2D eigenvalue weighted by molar-refractivity contribution is 7.86. The zero-order valence-corrected chi connectivity index (χ0v) is 15.6. The van der Waals surface area contributed by atoms with Crippen LogP contribution in [-0.4, -0.2) is 42.6 Å². The smallest absolute Gasteiger partial charge is 0.282 e. The van der Waals surface area contributed by atoms with Gasteiger partial charge in [-0.2, -0.15) is 17.0 Å². The van der Waals surface area contributed by atoms with Crippen molar-refractivity contribution in [3.8, 4) is 0 Å². The van der Waals surface area contributed by atoms with Crippen LogP contribution in [-0.2, 0) is 21.5 Å². The molecule has 1 N–H and O–H groups in total. The van der Waals surface area contributed by atoms with E-state index in [1.54, 1.807) is 6.07 Å². The number of nitrogens with zero attached hydrogens (tertiary/aromatic N) is 2. The van der Waals surface area contributed by atoms with Gasteiger partial charge in [-0.25, -0.2) is 0 Å². The number of nitrogens with one attached hydrogen (secondary N) is 1. The first kappa shape index (κ1) is 18.6. The normalized spacial score (nSPS) is 17.7. The molecule has 1 saturated heterocycles. The predicted molar refractivity (Wildman–Crippen MR) is 102 cm³/mol. The van der Waals surface area contributed by atoms with Gasteiger partial charge < -0.3 is 5.32 Å². The van der Waals surface area contributed by atoms with Crippen molar-refractivity contribution in [1.82, 2.24) is 8.61 Å². The number of para-hydroxylation sites is 1. The van der Waals surface area contributed by atoms with E-state index in [4.69, 9.17) is 0 Å². The fraction of sp³-hybridized carbons (Fsp3) is 0.316. The average Bonchev–Trinajstić information content (AvgIpc) is 2.61. The van der Waals surface area contributed by atoms with E-state index in [-0.39, 0.29) is 12.5 Å². The van der Waals surface area contributed by atoms with E-state index in [2.05, 4.69) is 5.32 Å². The van der Waals surface area contributed by atoms with Crippen LogP contribution in [0.5, 0.6) is 0 Å². The molecular weight excluding hydrogens is 350 g/mol. The average molecular weight is 373 g/mol. The molecule has 0 bridgehead atoms. The fourth-order valence-electron chi connectivity index (χ4n) is 2.99. The third kappa shape index (κ3) is 4.30. The predicted octanol–water partition coefficient (Wildman–Crippen LogP) is 2.39. The summed E-state index contributed by atoms with van der Waals surface area (Å²) in [6.07, 6.45) is 0.698. The lowest BCUT2D eigenvalue weighted by molar-refractivity contribution is -0.116. The van der Waals surface area contributed by atoms with E-state index in [9.17, 15) is 13.2 Å². The molecule has 138 valence electrons. The molecule has 0 radical (unpaired) electrons. The van der Waals surface area contributed by atoms with Gasteiger partial charge in [0.25, 0.3) is 10.2 Å². The van der Waals surface area contributed by atoms with Gasteiger partial charge in [0.2, 0.25) is 5.91 Å². The zero-order valence-electron chi connectivity index (χ0n) is 14.8. The first-order chi connectivity index (χ1) is 12.5. The number of hydrogen-bond donors (Lipinski definition) is 1. The van der Waals surface area contributed by atoms with Gasteiger partial charge in [0, 0.05) is 25.3 Å². The molecule has 26 heavy (non-hydrogen) atoms. The van der Waals surface area contributed by atoms with E-state index in [1.807, 2.05) is 55.5 Å². The summed E-state index contributed by atoms with van der Waals surface area (Å²) in [4.78, 5) is 12.3. The van der Waals surface area contributed by atoms with Crippen LogP contribution in [0.25, 0.3) is 0 Å². The van der Waals surface area contributed by atoms with Gasteiger partial charge in [-0.15, -0.1) is 0 Å². The van der Waals surface area contributed by atoms with Crippen LogP contribution in [0.1, 0.15) is 17.5 Å². The second-order valence-corrected chi connectivity index (χ2v) is 8.31. The number of aryl methyl sites for hydroxylation is 1. The highest BCUT2D eigenvalue weighted by atomic mass is 32.2. The largest absolute Gasteiger partial charge is 0.325 e. The maximum absolute atomic E-state index is 12.8. The third-order valence-corrected chi connectivity index (χ3v) is 6.34. The Morgan fingerprint density at radius 1 is 1.00 bits per heavy atom. The molecule has 0 unspecified atom stereocenters. The molecular formula is C19H23N3O3S. The molecule has 0 aliphatic carbocycles. The van der Waals surface area contributed by atoms with Crippen LogP contribution in [0.15, 0.2) is 54.6 Å². The number of carbonyl (C=O) groups excluding carboxylic acids is 1. The summed E-state index contributed by atoms with van der Waals surface area (Å²) >= 11 is 0. The van der Waals surface area contributed by atoms with Crippen molar-refractivity contribution >= 4 is 21.8 Å². The first-order valence-electron chi connectivity index (χ1n) is 8.61. The van der Waals surface area contributed by atoms with E-state index >= 15 is 0 Å². The maximum Gasteiger partial charge on any atom is 0.282 e. The lowest BCUT2D eigenvalue weighted by Crippen LogP contribution is -2.51. The Hall–Kier alpha value is -2.22. The van der Waals surface area contributed by atoms with Gasteiger partial charge >= 0.3 is 0 Å². The highest BCUT2D eigenvalue weighted by Crippen LogP contribution is 2.20. The second kappa shape index (κ2) is 7.99. The zero-order chi connectivity index (χ0) is 18.6. The van der Waals surface area contributed by atoms with Gasteiger partial charge in [-0.1, -0.05) is 48.5 Å². The van der Waals surface area contributed by atoms with E-state index in [0.29, 0.717) is 31.7 Å². The molecule has 3 rings (SSSR count). The van der Waals surface area contributed by atoms with Crippen LogP contribution >= 0.6 is 0 Å². The number of carbonyl (C=O) groups is 1. The van der Waals surface area contributed by atoms with Gasteiger partial charge in [0.05, 0.1) is 6.54 Å². The Bertz CT molecular complexity index is 869. The molecule has 2 aromatic carbocycles. The number of rotatable bonds is 5. The van der Waals surface area contributed by atoms with Crippen molar-refractivity contribution in [2.24, 2.45) is 0 Å². The van der Waals surface area contributed by atoms with Gasteiger partial charge in [0.1, 0.15) is 0 Å². The lowest BCUT2D eigenvalue weighted by Gasteiger charge is -2.34. The molecule has 1 fully saturated rings. The summed E-state index contributed by atoms with van der Waals surface area (Å²) in [5.41, 5.74) is 2.57. The Labute approximate surface area is 154 Å². The molecule has 1 aliphatic heterocycles. The summed E-state index contributed by atoms with van der Waals surface area (Å²) in [5, 5.41) is 2.80. The minimum atomic E-state index is -3.65. The molecule has 1 heterocycles. The van der Waals surface area contributed by atoms with Crippen molar-refractivity contribution in [3.05, 3.63) is 65.7 Å². The number of anilines is 1. The van der Waals surface area contributed by atoms with Crippen molar-refractivity contribution in [1.29, 1.82) is 0 Å². The number of hydrogen-bond acceptors (Lipinski definition) is 3. The summed E-state index contributed by atoms with van der Waals surface area (Å²) in [7, 11) is -3.65. The van der Waals surface area contributed by atoms with Crippen LogP contribution < -0.4 is 5.32 Å². The van der Waals surface area contributed by atoms with Crippen molar-refractivity contribution in [2.45, 2.75) is 19.9 Å². The third-order valence-electron chi connectivity index (χ3n) is 4.41. The standard InChI is InChI=1S/C19H23N3O3S/c1-16-8-5-6-11-18(16)20-19(23)15-22-13-7-12-21(26(22,24)25)14-17-9-3-2-4-10-17/h2-6,8-11H,7,12-15H2,1H3,(H,20,23). The number of benzene rings is 2. The molecule has 6 nitrogen and oxygen atoms in total. The SMILES string of the molecule is Cc1ccccc1NC(=O)CN1CCCN(Cc2ccccc2)S1(=O)=O. The van der Waals surface area contributed by atoms with Gasteiger partial charge in [-0.3, -0.25) is 4.79 Å². The molecule has 1 aliphatic rings. The van der Waals surface area contributed by atoms with Crippen LogP contribution in [0.4, 0.5) is 5.69 Å². The first-order valence-corrected chi connectivity index (χ1v) is 10.0. The summed E-state index contributed by atoms with van der Waals surface area (Å²) < 4.78 is 28.4. The highest BCUT2D eigenvalue weighted by Gasteiger charge is 2.34. The Balaban J connectivity index is 1.67. The quantitative estimate of drug-likeness (QED) is 0.875. The second-order valence-electron chi connectivity index (χ2n) is 6.38. The molecule has 1 amide bonds. The van der Waals surface area contributed by atoms with Crippen LogP contribution in [0.2, 0.25) is 0 Å². The Morgan fingerprint density at radius 3 is 2.38 bits per heavy atom. The molecule has 0 atom stereocenters. The Kier molecular flexibility index (Phi) is 5.70.